The number of allylic oxidation sites excluding steroid dienone is 1. The number of carboxylic acids is 2. The summed E-state index contributed by atoms with van der Waals surface area (Å²) in [5.74, 6) is -8.38. The van der Waals surface area contributed by atoms with Crippen LogP contribution < -0.4 is 35.9 Å². The highest BCUT2D eigenvalue weighted by molar-refractivity contribution is 6.09. The SMILES string of the molecule is CCCCCCCCCCCCC/C=C/[C@@H](O)[C@H](CO[C@@H]1O[C@H](CO)[C@@H](O[C@@H]2O[C@H](CO)[C@H](O)[C@H](O[C@]3(C(=O)O)C[C@H](O)[C@@H](NC(C)=O)[C@H]([C@H](O)[C@H](O)CO)O3)[C@H]2O)[C@H](O)[C@H]1O)NC(=O)CCNC(=O)c1ccc(C(=O)[O-])c(-c2c3ccc(=[N+](C)C)cc-3oc3cc(N(C)C)ccc23)c1. The molecule has 3 fully saturated rings. The molecule has 0 radical (unpaired) electrons. The molecule has 550 valence electrons. The van der Waals surface area contributed by atoms with Gasteiger partial charge >= 0.3 is 5.97 Å². The summed E-state index contributed by atoms with van der Waals surface area (Å²) in [5, 5.41) is 153. The molecule has 0 unspecified atom stereocenters. The Morgan fingerprint density at radius 3 is 2.07 bits per heavy atom. The van der Waals surface area contributed by atoms with Crippen molar-refractivity contribution in [3.05, 3.63) is 83.2 Å². The molecule has 2 aromatic rings. The highest BCUT2D eigenvalue weighted by Crippen LogP contribution is 2.43. The van der Waals surface area contributed by atoms with E-state index in [-0.39, 0.29) is 29.7 Å². The summed E-state index contributed by atoms with van der Waals surface area (Å²) in [6, 6.07) is 12.0. The van der Waals surface area contributed by atoms with Gasteiger partial charge in [-0.1, -0.05) is 89.4 Å². The van der Waals surface area contributed by atoms with Crippen molar-refractivity contribution in [2.45, 2.75) is 214 Å². The molecular weight excluding hydrogens is 1300 g/mol. The summed E-state index contributed by atoms with van der Waals surface area (Å²) in [4.78, 5) is 67.7. The van der Waals surface area contributed by atoms with Gasteiger partial charge in [0, 0.05) is 85.9 Å². The lowest BCUT2D eigenvalue weighted by Gasteiger charge is -2.50. The zero-order chi connectivity index (χ0) is 72.4. The zero-order valence-corrected chi connectivity index (χ0v) is 56.7. The minimum atomic E-state index is -3.14. The van der Waals surface area contributed by atoms with Gasteiger partial charge in [-0.2, -0.15) is 0 Å². The molecule has 3 amide bonds. The van der Waals surface area contributed by atoms with Crippen LogP contribution in [0, 0.1) is 0 Å². The van der Waals surface area contributed by atoms with Gasteiger partial charge in [0.05, 0.1) is 62.8 Å². The number of aromatic carboxylic acids is 1. The molecule has 2 aromatic carbocycles. The van der Waals surface area contributed by atoms with E-state index in [4.69, 9.17) is 32.8 Å². The molecule has 99 heavy (non-hydrogen) atoms. The Hall–Kier alpha value is -6.66. The fraction of sp³-hybridized carbons (Fsp3) is 0.623. The molecule has 3 saturated heterocycles. The van der Waals surface area contributed by atoms with Crippen molar-refractivity contribution in [2.75, 3.05) is 66.1 Å². The van der Waals surface area contributed by atoms with Crippen molar-refractivity contribution < 1.29 is 123 Å². The topological polar surface area (TPSA) is 462 Å². The summed E-state index contributed by atoms with van der Waals surface area (Å²) in [7, 11) is 7.46. The maximum atomic E-state index is 14.0. The van der Waals surface area contributed by atoms with Gasteiger partial charge in [0.15, 0.2) is 12.6 Å². The number of amides is 3. The van der Waals surface area contributed by atoms with Gasteiger partial charge in [-0.05, 0) is 48.7 Å². The van der Waals surface area contributed by atoms with Gasteiger partial charge in [0.1, 0.15) is 92.6 Å². The van der Waals surface area contributed by atoms with E-state index < -0.39 is 172 Å². The number of aliphatic carboxylic acids is 1. The molecule has 1 aliphatic carbocycles. The van der Waals surface area contributed by atoms with Crippen LogP contribution in [0.1, 0.15) is 124 Å². The number of ether oxygens (including phenoxy) is 6. The molecule has 0 aromatic heterocycles. The Balaban J connectivity index is 1.05. The van der Waals surface area contributed by atoms with Crippen LogP contribution in [-0.4, -0.2) is 262 Å². The van der Waals surface area contributed by atoms with Gasteiger partial charge in [-0.15, -0.1) is 0 Å². The van der Waals surface area contributed by atoms with E-state index in [2.05, 4.69) is 22.9 Å². The number of hydrogen-bond donors (Lipinski definition) is 15. The van der Waals surface area contributed by atoms with Crippen LogP contribution in [-0.2, 0) is 42.8 Å². The Morgan fingerprint density at radius 1 is 0.788 bits per heavy atom. The third-order valence-corrected chi connectivity index (χ3v) is 18.1. The van der Waals surface area contributed by atoms with Crippen LogP contribution in [0.4, 0.5) is 5.69 Å². The largest absolute Gasteiger partial charge is 0.545 e. The monoisotopic (exact) mass is 1400 g/mol. The molecule has 15 N–H and O–H groups in total. The van der Waals surface area contributed by atoms with Gasteiger partial charge in [-0.25, -0.2) is 9.37 Å². The summed E-state index contributed by atoms with van der Waals surface area (Å²) in [6.45, 7) is -0.843. The molecule has 4 aliphatic heterocycles. The number of aliphatic hydroxyl groups is 11. The van der Waals surface area contributed by atoms with Crippen LogP contribution in [0.5, 0.6) is 0 Å². The van der Waals surface area contributed by atoms with E-state index in [0.29, 0.717) is 34.3 Å². The molecule has 0 bridgehead atoms. The molecule has 30 nitrogen and oxygen atoms in total. The fourth-order valence-corrected chi connectivity index (χ4v) is 12.5. The number of fused-ring (bicyclic) bond motifs is 2. The molecule has 18 atom stereocenters. The second kappa shape index (κ2) is 37.3. The summed E-state index contributed by atoms with van der Waals surface area (Å²) < 4.78 is 43.0. The molecular formula is C69H99N5O25. The molecule has 5 aliphatic rings. The lowest BCUT2D eigenvalue weighted by molar-refractivity contribution is -0.386. The number of unbranched alkanes of at least 4 members (excludes halogenated alkanes) is 11. The first-order valence-corrected chi connectivity index (χ1v) is 33.7. The van der Waals surface area contributed by atoms with E-state index in [1.54, 1.807) is 18.2 Å². The molecule has 30 heteroatoms. The van der Waals surface area contributed by atoms with Gasteiger partial charge in [0.2, 0.25) is 17.2 Å². The lowest BCUT2D eigenvalue weighted by atomic mass is 9.88. The van der Waals surface area contributed by atoms with E-state index in [9.17, 15) is 90.4 Å². The Morgan fingerprint density at radius 2 is 1.45 bits per heavy atom. The number of aliphatic hydroxyl groups excluding tert-OH is 11. The predicted molar refractivity (Wildman–Crippen MR) is 353 cm³/mol. The predicted octanol–water partition coefficient (Wildman–Crippen LogP) is -1.30. The minimum absolute atomic E-state index is 0.0434. The third kappa shape index (κ3) is 20.3. The van der Waals surface area contributed by atoms with Crippen LogP contribution in [0.15, 0.2) is 71.2 Å². The second-order valence-corrected chi connectivity index (χ2v) is 25.9. The molecule has 7 rings (SSSR count). The Kier molecular flexibility index (Phi) is 30.0. The van der Waals surface area contributed by atoms with Crippen molar-refractivity contribution in [3.8, 4) is 22.5 Å². The molecule has 0 saturated carbocycles. The van der Waals surface area contributed by atoms with Crippen LogP contribution in [0.3, 0.4) is 0 Å². The number of carboxylic acid groups (broad SMARTS) is 2. The summed E-state index contributed by atoms with van der Waals surface area (Å²) in [5.41, 5.74) is 2.28. The van der Waals surface area contributed by atoms with E-state index in [1.807, 2.05) is 61.9 Å². The lowest BCUT2D eigenvalue weighted by Crippen LogP contribution is -2.70. The smallest absolute Gasteiger partial charge is 0.364 e. The normalized spacial score (nSPS) is 26.9. The highest BCUT2D eigenvalue weighted by atomic mass is 16.8. The number of anilines is 1. The average Bonchev–Trinajstić information content (AvgIpc) is 0.754. The Bertz CT molecular complexity index is 3380. The van der Waals surface area contributed by atoms with E-state index in [0.717, 1.165) is 50.1 Å². The van der Waals surface area contributed by atoms with Gasteiger partial charge in [-0.3, -0.25) is 14.4 Å². The van der Waals surface area contributed by atoms with E-state index in [1.165, 1.54) is 62.8 Å². The van der Waals surface area contributed by atoms with Gasteiger partial charge < -0.3 is 125 Å². The number of hydrogen-bond acceptors (Lipinski definition) is 25. The average molecular weight is 1400 g/mol. The van der Waals surface area contributed by atoms with Crippen LogP contribution >= 0.6 is 0 Å². The highest BCUT2D eigenvalue weighted by Gasteiger charge is 2.60. The van der Waals surface area contributed by atoms with Crippen molar-refractivity contribution in [2.24, 2.45) is 0 Å². The number of carbonyl (C=O) groups excluding carboxylic acids is 4. The maximum Gasteiger partial charge on any atom is 0.364 e. The second-order valence-electron chi connectivity index (χ2n) is 25.9. The first-order chi connectivity index (χ1) is 47.2. The minimum Gasteiger partial charge on any atom is -0.545 e. The molecule has 4 heterocycles. The van der Waals surface area contributed by atoms with Crippen molar-refractivity contribution in [1.29, 1.82) is 0 Å². The number of benzene rings is 3. The van der Waals surface area contributed by atoms with Crippen molar-refractivity contribution >= 4 is 46.3 Å². The number of nitrogens with one attached hydrogen (secondary N) is 3. The maximum absolute atomic E-state index is 14.0. The fourth-order valence-electron chi connectivity index (χ4n) is 12.5. The summed E-state index contributed by atoms with van der Waals surface area (Å²) in [6.07, 6.45) is -15.2. The van der Waals surface area contributed by atoms with Crippen molar-refractivity contribution in [1.82, 2.24) is 20.5 Å². The first kappa shape index (κ1) is 79.7. The number of carbonyl (C=O) groups is 5. The van der Waals surface area contributed by atoms with Gasteiger partial charge in [0.25, 0.3) is 11.7 Å². The van der Waals surface area contributed by atoms with E-state index >= 15 is 0 Å². The quantitative estimate of drug-likeness (QED) is 0.0109. The molecule has 0 spiro atoms. The van der Waals surface area contributed by atoms with Crippen LogP contribution in [0.25, 0.3) is 33.4 Å². The zero-order valence-electron chi connectivity index (χ0n) is 56.7. The first-order valence-electron chi connectivity index (χ1n) is 33.7. The third-order valence-electron chi connectivity index (χ3n) is 18.1. The Labute approximate surface area is 573 Å². The van der Waals surface area contributed by atoms with Crippen molar-refractivity contribution in [3.63, 3.8) is 0 Å². The number of rotatable bonds is 36. The standard InChI is InChI=1S/C69H99N5O25/c1-7-8-9-10-11-12-13-14-15-16-17-18-19-20-46(79)45(72-53(82)27-28-70-64(88)38-21-24-41(65(89)90)44(29-38)54-42-25-22-39(73(3)4)30-49(42)94-50-31-40(74(5)6)23-26-43(50)54)36-93-66-59(86)58(85)61(52(35-77)96-66)97-67-60(87)63(57(84)51(34-76)95-67)99-69(68(91)92)32-47(80)55(71-37(2)78)62(98-69)56(83)48(81)33-75/h19-26,29-31,45-48,51-52,55-63,66-67,75-77,79-81,83-87H,7-18,27-28,32-36H2,1-6H3,(H4-,70,71,72,78,82,88,89,90,91,92)/b20-19+/t45-,46+,47-,48+,51+,52+,55+,56+,57-,58+,59+,60+,61+,62+,63-,66+,67-,69-/m0/s1. The van der Waals surface area contributed by atoms with Crippen LogP contribution in [0.2, 0.25) is 0 Å². The number of nitrogens with zero attached hydrogens (tertiary/aromatic N) is 2. The summed E-state index contributed by atoms with van der Waals surface area (Å²) >= 11 is 0.